The molecule has 148 valence electrons. The Bertz CT molecular complexity index is 836. The number of carbonyl (C=O) groups is 1. The average Bonchev–Trinajstić information content (AvgIpc) is 3.12. The van der Waals surface area contributed by atoms with Gasteiger partial charge >= 0.3 is 0 Å². The molecule has 1 atom stereocenters. The van der Waals surface area contributed by atoms with Gasteiger partial charge in [0, 0.05) is 17.5 Å². The third kappa shape index (κ3) is 6.41. The molecule has 0 bridgehead atoms. The molecule has 2 aromatic rings. The Morgan fingerprint density at radius 1 is 1.19 bits per heavy atom. The number of sulfonamides is 1. The van der Waals surface area contributed by atoms with Crippen molar-refractivity contribution in [1.29, 1.82) is 0 Å². The van der Waals surface area contributed by atoms with Crippen molar-refractivity contribution in [2.75, 3.05) is 12.8 Å². The van der Waals surface area contributed by atoms with Crippen LogP contribution in [0.15, 0.2) is 41.8 Å². The maximum Gasteiger partial charge on any atom is 0.238 e. The molecular weight excluding hydrogens is 387 g/mol. The molecule has 0 aliphatic carbocycles. The number of amides is 1. The number of hydrogen-bond donors (Lipinski definition) is 0. The molecule has 2 rings (SSSR count). The molecule has 0 aliphatic rings. The third-order valence-corrected chi connectivity index (χ3v) is 6.57. The van der Waals surface area contributed by atoms with Crippen molar-refractivity contribution in [2.45, 2.75) is 39.4 Å². The second kappa shape index (κ2) is 9.43. The van der Waals surface area contributed by atoms with E-state index in [0.717, 1.165) is 16.7 Å². The summed E-state index contributed by atoms with van der Waals surface area (Å²) in [6.07, 6.45) is 1.74. The van der Waals surface area contributed by atoms with E-state index in [-0.39, 0.29) is 30.9 Å². The third-order valence-electron chi connectivity index (χ3n) is 4.37. The van der Waals surface area contributed by atoms with Gasteiger partial charge in [0.15, 0.2) is 0 Å². The minimum atomic E-state index is -3.51. The number of rotatable bonds is 9. The molecule has 27 heavy (non-hydrogen) atoms. The van der Waals surface area contributed by atoms with E-state index >= 15 is 0 Å². The van der Waals surface area contributed by atoms with Gasteiger partial charge in [0.05, 0.1) is 19.3 Å². The van der Waals surface area contributed by atoms with Crippen molar-refractivity contribution >= 4 is 27.3 Å². The first-order chi connectivity index (χ1) is 12.7. The zero-order valence-electron chi connectivity index (χ0n) is 15.8. The normalized spacial score (nSPS) is 12.9. The topological polar surface area (TPSA) is 57.7 Å². The van der Waals surface area contributed by atoms with Crippen LogP contribution in [0.2, 0.25) is 0 Å². The van der Waals surface area contributed by atoms with Gasteiger partial charge in [-0.2, -0.15) is 4.31 Å². The highest BCUT2D eigenvalue weighted by Crippen LogP contribution is 2.17. The highest BCUT2D eigenvalue weighted by Gasteiger charge is 2.27. The summed E-state index contributed by atoms with van der Waals surface area (Å²) < 4.78 is 38.6. The Morgan fingerprint density at radius 3 is 2.37 bits per heavy atom. The lowest BCUT2D eigenvalue weighted by molar-refractivity contribution is -0.133. The smallest absolute Gasteiger partial charge is 0.238 e. The van der Waals surface area contributed by atoms with Crippen LogP contribution in [0.4, 0.5) is 4.39 Å². The van der Waals surface area contributed by atoms with Gasteiger partial charge < -0.3 is 4.90 Å². The van der Waals surface area contributed by atoms with Crippen LogP contribution in [0.5, 0.6) is 0 Å². The van der Waals surface area contributed by atoms with Gasteiger partial charge in [-0.1, -0.05) is 25.1 Å². The van der Waals surface area contributed by atoms with Gasteiger partial charge in [0.25, 0.3) is 0 Å². The number of benzene rings is 1. The number of hydrogen-bond acceptors (Lipinski definition) is 4. The monoisotopic (exact) mass is 412 g/mol. The summed E-state index contributed by atoms with van der Waals surface area (Å²) in [7, 11) is -3.51. The van der Waals surface area contributed by atoms with E-state index in [1.165, 1.54) is 27.8 Å². The molecule has 1 amide bonds. The van der Waals surface area contributed by atoms with E-state index in [1.54, 1.807) is 24.0 Å². The summed E-state index contributed by atoms with van der Waals surface area (Å²) >= 11 is 1.53. The van der Waals surface area contributed by atoms with E-state index in [9.17, 15) is 17.6 Å². The predicted octanol–water partition coefficient (Wildman–Crippen LogP) is 3.48. The fourth-order valence-corrected chi connectivity index (χ4v) is 4.54. The molecule has 8 heteroatoms. The summed E-state index contributed by atoms with van der Waals surface area (Å²) in [5.74, 6) is -0.617. The summed E-state index contributed by atoms with van der Waals surface area (Å²) in [4.78, 5) is 15.6. The van der Waals surface area contributed by atoms with E-state index in [4.69, 9.17) is 0 Å². The first kappa shape index (κ1) is 21.5. The van der Waals surface area contributed by atoms with Crippen LogP contribution >= 0.6 is 11.3 Å². The minimum Gasteiger partial charge on any atom is -0.332 e. The molecule has 1 aromatic carbocycles. The SMILES string of the molecule is CCC(C)N(CC(=O)N(Cc1ccc(F)cc1)Cc1cccs1)S(C)(=O)=O. The zero-order valence-corrected chi connectivity index (χ0v) is 17.4. The fraction of sp³-hybridized carbons (Fsp3) is 0.421. The molecule has 1 unspecified atom stereocenters. The molecule has 0 saturated carbocycles. The van der Waals surface area contributed by atoms with Crippen molar-refractivity contribution in [3.05, 3.63) is 58.0 Å². The number of thiophene rings is 1. The van der Waals surface area contributed by atoms with Crippen molar-refractivity contribution in [3.8, 4) is 0 Å². The fourth-order valence-electron chi connectivity index (χ4n) is 2.67. The van der Waals surface area contributed by atoms with Gasteiger partial charge in [-0.05, 0) is 42.5 Å². The van der Waals surface area contributed by atoms with E-state index in [1.807, 2.05) is 24.4 Å². The lowest BCUT2D eigenvalue weighted by Gasteiger charge is -2.29. The maximum absolute atomic E-state index is 13.2. The Balaban J connectivity index is 2.22. The van der Waals surface area contributed by atoms with E-state index in [2.05, 4.69) is 0 Å². The van der Waals surface area contributed by atoms with Gasteiger partial charge in [0.2, 0.25) is 15.9 Å². The molecule has 1 aromatic heterocycles. The molecule has 5 nitrogen and oxygen atoms in total. The zero-order chi connectivity index (χ0) is 20.0. The molecular formula is C19H25FN2O3S2. The first-order valence-corrected chi connectivity index (χ1v) is 11.4. The van der Waals surface area contributed by atoms with E-state index in [0.29, 0.717) is 13.0 Å². The van der Waals surface area contributed by atoms with Gasteiger partial charge in [-0.3, -0.25) is 4.79 Å². The molecule has 0 radical (unpaired) electrons. The van der Waals surface area contributed by atoms with Crippen LogP contribution in [-0.2, 0) is 27.9 Å². The Labute approximate surface area is 164 Å². The lowest BCUT2D eigenvalue weighted by Crippen LogP contribution is -2.45. The van der Waals surface area contributed by atoms with Crippen LogP contribution in [0.1, 0.15) is 30.7 Å². The van der Waals surface area contributed by atoms with Gasteiger partial charge in [0.1, 0.15) is 5.82 Å². The van der Waals surface area contributed by atoms with Crippen molar-refractivity contribution in [1.82, 2.24) is 9.21 Å². The van der Waals surface area contributed by atoms with Crippen molar-refractivity contribution < 1.29 is 17.6 Å². The highest BCUT2D eigenvalue weighted by molar-refractivity contribution is 7.88. The largest absolute Gasteiger partial charge is 0.332 e. The molecule has 0 fully saturated rings. The average molecular weight is 413 g/mol. The van der Waals surface area contributed by atoms with Crippen molar-refractivity contribution in [3.63, 3.8) is 0 Å². The number of carbonyl (C=O) groups excluding carboxylic acids is 1. The molecule has 0 N–H and O–H groups in total. The van der Waals surface area contributed by atoms with Crippen LogP contribution < -0.4 is 0 Å². The minimum absolute atomic E-state index is 0.208. The highest BCUT2D eigenvalue weighted by atomic mass is 32.2. The summed E-state index contributed by atoms with van der Waals surface area (Å²) in [5.41, 5.74) is 0.788. The van der Waals surface area contributed by atoms with Crippen LogP contribution in [0.25, 0.3) is 0 Å². The van der Waals surface area contributed by atoms with Crippen molar-refractivity contribution in [2.24, 2.45) is 0 Å². The number of halogens is 1. The molecule has 0 aliphatic heterocycles. The Hall–Kier alpha value is -1.77. The molecule has 0 saturated heterocycles. The maximum atomic E-state index is 13.2. The standard InChI is InChI=1S/C19H25FN2O3S2/c1-4-15(2)22(27(3,24)25)14-19(23)21(13-18-6-5-11-26-18)12-16-7-9-17(20)10-8-16/h5-11,15H,4,12-14H2,1-3H3. The number of nitrogens with zero attached hydrogens (tertiary/aromatic N) is 2. The molecule has 1 heterocycles. The predicted molar refractivity (Wildman–Crippen MR) is 106 cm³/mol. The summed E-state index contributed by atoms with van der Waals surface area (Å²) in [6, 6.07) is 9.54. The van der Waals surface area contributed by atoms with E-state index < -0.39 is 10.0 Å². The van der Waals surface area contributed by atoms with Crippen LogP contribution in [0.3, 0.4) is 0 Å². The summed E-state index contributed by atoms with van der Waals surface area (Å²) in [5, 5.41) is 1.93. The Kier molecular flexibility index (Phi) is 7.52. The van der Waals surface area contributed by atoms with Crippen LogP contribution in [0, 0.1) is 5.82 Å². The summed E-state index contributed by atoms with van der Waals surface area (Å²) in [6.45, 7) is 4.13. The Morgan fingerprint density at radius 2 is 1.85 bits per heavy atom. The lowest BCUT2D eigenvalue weighted by atomic mass is 10.2. The first-order valence-electron chi connectivity index (χ1n) is 8.72. The molecule has 0 spiro atoms. The van der Waals surface area contributed by atoms with Crippen LogP contribution in [-0.4, -0.2) is 42.4 Å². The quantitative estimate of drug-likeness (QED) is 0.634. The van der Waals surface area contributed by atoms with Gasteiger partial charge in [-0.25, -0.2) is 12.8 Å². The second-order valence-electron chi connectivity index (χ2n) is 6.52. The van der Waals surface area contributed by atoms with Gasteiger partial charge in [-0.15, -0.1) is 11.3 Å². The second-order valence-corrected chi connectivity index (χ2v) is 9.49.